The number of aliphatic carboxylic acids is 1. The normalized spacial score (nSPS) is 11.1. The fourth-order valence-electron chi connectivity index (χ4n) is 2.65. The van der Waals surface area contributed by atoms with Crippen molar-refractivity contribution in [1.82, 2.24) is 0 Å². The number of rotatable bonds is 18. The lowest BCUT2D eigenvalue weighted by Crippen LogP contribution is -2.03. The summed E-state index contributed by atoms with van der Waals surface area (Å²) in [6.45, 7) is 3.41. The van der Waals surface area contributed by atoms with Gasteiger partial charge < -0.3 is 25.5 Å². The average Bonchev–Trinajstić information content (AvgIpc) is 2.71. The first-order chi connectivity index (χ1) is 14.0. The number of carbonyl (C=O) groups is 1. The Kier molecular flexibility index (Phi) is 36.4. The Morgan fingerprint density at radius 3 is 1.14 bits per heavy atom. The standard InChI is InChI=1S/C18H36O2.C3H8O2.C2H6O2/c1-2-3-4-5-6-7-8-9-10-11-12-13-14-15-16-17-18(19)20;1-3(5)2-4;3-1-2-4/h2-17H2,1H3,(H,19,20);3-5H,2H2,1H3;3-4H,1-2H2. The van der Waals surface area contributed by atoms with E-state index in [0.29, 0.717) is 6.42 Å². The molecule has 0 rings (SSSR count). The van der Waals surface area contributed by atoms with Gasteiger partial charge in [-0.25, -0.2) is 0 Å². The lowest BCUT2D eigenvalue weighted by molar-refractivity contribution is -0.137. The van der Waals surface area contributed by atoms with E-state index in [1.54, 1.807) is 0 Å². The van der Waals surface area contributed by atoms with Crippen molar-refractivity contribution in [3.05, 3.63) is 0 Å². The largest absolute Gasteiger partial charge is 0.481 e. The van der Waals surface area contributed by atoms with Crippen LogP contribution in [-0.4, -0.2) is 57.4 Å². The molecule has 0 amide bonds. The van der Waals surface area contributed by atoms with Crippen LogP contribution >= 0.6 is 0 Å². The summed E-state index contributed by atoms with van der Waals surface area (Å²) in [5.74, 6) is -0.653. The van der Waals surface area contributed by atoms with E-state index in [4.69, 9.17) is 25.5 Å². The molecule has 0 radical (unpaired) electrons. The van der Waals surface area contributed by atoms with Crippen molar-refractivity contribution in [2.45, 2.75) is 123 Å². The summed E-state index contributed by atoms with van der Waals surface area (Å²) in [4.78, 5) is 10.3. The zero-order valence-electron chi connectivity index (χ0n) is 19.2. The van der Waals surface area contributed by atoms with Crippen LogP contribution < -0.4 is 0 Å². The van der Waals surface area contributed by atoms with Crippen LogP contribution in [0.3, 0.4) is 0 Å². The quantitative estimate of drug-likeness (QED) is 0.205. The van der Waals surface area contributed by atoms with Crippen molar-refractivity contribution in [3.63, 3.8) is 0 Å². The minimum Gasteiger partial charge on any atom is -0.481 e. The Morgan fingerprint density at radius 1 is 0.655 bits per heavy atom. The van der Waals surface area contributed by atoms with Gasteiger partial charge in [-0.05, 0) is 13.3 Å². The Labute approximate surface area is 179 Å². The van der Waals surface area contributed by atoms with E-state index in [0.717, 1.165) is 12.8 Å². The topological polar surface area (TPSA) is 118 Å². The summed E-state index contributed by atoms with van der Waals surface area (Å²) < 4.78 is 0. The molecule has 0 aromatic rings. The van der Waals surface area contributed by atoms with Gasteiger partial charge in [0.1, 0.15) is 0 Å². The molecule has 0 aliphatic rings. The van der Waals surface area contributed by atoms with Crippen molar-refractivity contribution in [2.75, 3.05) is 19.8 Å². The first-order valence-electron chi connectivity index (χ1n) is 11.7. The van der Waals surface area contributed by atoms with Crippen LogP contribution in [0, 0.1) is 0 Å². The van der Waals surface area contributed by atoms with Crippen LogP contribution in [0.5, 0.6) is 0 Å². The van der Waals surface area contributed by atoms with Gasteiger partial charge in [0.05, 0.1) is 25.9 Å². The lowest BCUT2D eigenvalue weighted by Gasteiger charge is -2.03. The molecule has 29 heavy (non-hydrogen) atoms. The summed E-state index contributed by atoms with van der Waals surface area (Å²) >= 11 is 0. The molecule has 0 fully saturated rings. The van der Waals surface area contributed by atoms with Crippen LogP contribution in [0.4, 0.5) is 0 Å². The SMILES string of the molecule is CC(O)CO.CCCCCCCCCCCCCCCCCC(=O)O.OCCO. The van der Waals surface area contributed by atoms with Gasteiger partial charge in [0.2, 0.25) is 0 Å². The second kappa shape index (κ2) is 32.0. The highest BCUT2D eigenvalue weighted by Crippen LogP contribution is 2.13. The average molecular weight is 423 g/mol. The van der Waals surface area contributed by atoms with Crippen molar-refractivity contribution in [3.8, 4) is 0 Å². The predicted molar refractivity (Wildman–Crippen MR) is 120 cm³/mol. The van der Waals surface area contributed by atoms with Crippen LogP contribution in [-0.2, 0) is 4.79 Å². The Bertz CT molecular complexity index is 283. The molecular formula is C23H50O6. The lowest BCUT2D eigenvalue weighted by atomic mass is 10.0. The molecule has 0 spiro atoms. The molecule has 0 saturated heterocycles. The van der Waals surface area contributed by atoms with Gasteiger partial charge in [0.25, 0.3) is 0 Å². The molecule has 0 aliphatic carbocycles. The smallest absolute Gasteiger partial charge is 0.303 e. The van der Waals surface area contributed by atoms with E-state index in [2.05, 4.69) is 6.92 Å². The van der Waals surface area contributed by atoms with E-state index >= 15 is 0 Å². The van der Waals surface area contributed by atoms with Gasteiger partial charge in [0, 0.05) is 6.42 Å². The zero-order valence-corrected chi connectivity index (χ0v) is 19.2. The number of unbranched alkanes of at least 4 members (excludes halogenated alkanes) is 14. The Hall–Kier alpha value is -0.690. The maximum Gasteiger partial charge on any atom is 0.303 e. The van der Waals surface area contributed by atoms with E-state index in [1.165, 1.54) is 90.4 Å². The minimum absolute atomic E-state index is 0.125. The molecule has 0 aliphatic heterocycles. The van der Waals surface area contributed by atoms with Gasteiger partial charge >= 0.3 is 5.97 Å². The summed E-state index contributed by atoms with van der Waals surface area (Å²) in [7, 11) is 0. The molecule has 0 aromatic carbocycles. The van der Waals surface area contributed by atoms with E-state index in [-0.39, 0.29) is 19.8 Å². The fourth-order valence-corrected chi connectivity index (χ4v) is 2.65. The molecule has 178 valence electrons. The second-order valence-corrected chi connectivity index (χ2v) is 7.57. The van der Waals surface area contributed by atoms with Crippen molar-refractivity contribution >= 4 is 5.97 Å². The minimum atomic E-state index is -0.653. The van der Waals surface area contributed by atoms with Crippen molar-refractivity contribution in [1.29, 1.82) is 0 Å². The number of hydrogen-bond acceptors (Lipinski definition) is 5. The van der Waals surface area contributed by atoms with Gasteiger partial charge in [-0.3, -0.25) is 4.79 Å². The summed E-state index contributed by atoms with van der Waals surface area (Å²) in [5, 5.41) is 39.8. The van der Waals surface area contributed by atoms with Crippen LogP contribution in [0.25, 0.3) is 0 Å². The molecule has 0 aromatic heterocycles. The highest BCUT2D eigenvalue weighted by Gasteiger charge is 1.97. The number of carboxylic acid groups (broad SMARTS) is 1. The van der Waals surface area contributed by atoms with E-state index in [9.17, 15) is 4.79 Å². The van der Waals surface area contributed by atoms with Crippen molar-refractivity contribution < 1.29 is 30.3 Å². The number of aliphatic hydroxyl groups is 4. The molecule has 6 heteroatoms. The third kappa shape index (κ3) is 46.9. The number of hydrogen-bond donors (Lipinski definition) is 5. The third-order valence-electron chi connectivity index (χ3n) is 4.36. The Morgan fingerprint density at radius 2 is 0.931 bits per heavy atom. The molecule has 1 atom stereocenters. The maximum absolute atomic E-state index is 10.3. The molecule has 0 saturated carbocycles. The second-order valence-electron chi connectivity index (χ2n) is 7.57. The molecule has 6 nitrogen and oxygen atoms in total. The van der Waals surface area contributed by atoms with E-state index in [1.807, 2.05) is 0 Å². The zero-order chi connectivity index (χ0) is 22.6. The number of aliphatic hydroxyl groups excluding tert-OH is 4. The maximum atomic E-state index is 10.3. The molecule has 5 N–H and O–H groups in total. The summed E-state index contributed by atoms with van der Waals surface area (Å²) in [6, 6.07) is 0. The van der Waals surface area contributed by atoms with Gasteiger partial charge in [-0.2, -0.15) is 0 Å². The van der Waals surface area contributed by atoms with Crippen LogP contribution in [0.15, 0.2) is 0 Å². The Balaban J connectivity index is -0.000000623. The third-order valence-corrected chi connectivity index (χ3v) is 4.36. The molecule has 0 heterocycles. The van der Waals surface area contributed by atoms with Crippen LogP contribution in [0.2, 0.25) is 0 Å². The highest BCUT2D eigenvalue weighted by atomic mass is 16.4. The molecular weight excluding hydrogens is 372 g/mol. The number of carboxylic acids is 1. The van der Waals surface area contributed by atoms with Crippen molar-refractivity contribution in [2.24, 2.45) is 0 Å². The fraction of sp³-hybridized carbons (Fsp3) is 0.957. The van der Waals surface area contributed by atoms with E-state index < -0.39 is 12.1 Å². The predicted octanol–water partition coefficient (Wildman–Crippen LogP) is 4.66. The summed E-state index contributed by atoms with van der Waals surface area (Å²) in [5.41, 5.74) is 0. The van der Waals surface area contributed by atoms with Gasteiger partial charge in [0.15, 0.2) is 0 Å². The highest BCUT2D eigenvalue weighted by molar-refractivity contribution is 5.66. The van der Waals surface area contributed by atoms with Gasteiger partial charge in [-0.1, -0.05) is 96.8 Å². The van der Waals surface area contributed by atoms with Gasteiger partial charge in [-0.15, -0.1) is 0 Å². The summed E-state index contributed by atoms with van der Waals surface area (Å²) in [6.07, 6.45) is 19.6. The molecule has 0 bridgehead atoms. The first kappa shape index (κ1) is 33.0. The monoisotopic (exact) mass is 422 g/mol. The van der Waals surface area contributed by atoms with Crippen LogP contribution in [0.1, 0.15) is 117 Å². The molecule has 1 unspecified atom stereocenters. The first-order valence-corrected chi connectivity index (χ1v) is 11.7.